The van der Waals surface area contributed by atoms with E-state index < -0.39 is 0 Å². The Hall–Kier alpha value is -1.85. The van der Waals surface area contributed by atoms with Gasteiger partial charge >= 0.3 is 0 Å². The monoisotopic (exact) mass is 265 g/mol. The SMILES string of the molecule is Cc1noc(NC(=O)CN2CCCCCC2=O)c1C. The van der Waals surface area contributed by atoms with E-state index in [4.69, 9.17) is 4.52 Å². The van der Waals surface area contributed by atoms with Crippen molar-refractivity contribution in [2.75, 3.05) is 18.4 Å². The average Bonchev–Trinajstić information content (AvgIpc) is 2.58. The van der Waals surface area contributed by atoms with Crippen molar-refractivity contribution in [2.45, 2.75) is 39.5 Å². The summed E-state index contributed by atoms with van der Waals surface area (Å²) in [5, 5.41) is 6.43. The number of aryl methyl sites for hydroxylation is 1. The molecule has 1 fully saturated rings. The second kappa shape index (κ2) is 5.86. The first kappa shape index (κ1) is 13.6. The number of carbonyl (C=O) groups is 2. The van der Waals surface area contributed by atoms with Gasteiger partial charge in [-0.3, -0.25) is 14.9 Å². The molecule has 19 heavy (non-hydrogen) atoms. The summed E-state index contributed by atoms with van der Waals surface area (Å²) in [5.74, 6) is 0.178. The van der Waals surface area contributed by atoms with Crippen LogP contribution in [0.1, 0.15) is 36.9 Å². The maximum atomic E-state index is 11.9. The smallest absolute Gasteiger partial charge is 0.246 e. The number of amides is 2. The molecule has 0 atom stereocenters. The van der Waals surface area contributed by atoms with Gasteiger partial charge in [-0.2, -0.15) is 0 Å². The van der Waals surface area contributed by atoms with E-state index in [0.717, 1.165) is 30.5 Å². The van der Waals surface area contributed by atoms with Crippen molar-refractivity contribution in [3.8, 4) is 0 Å². The molecule has 0 aliphatic carbocycles. The predicted octanol–water partition coefficient (Wildman–Crippen LogP) is 1.63. The van der Waals surface area contributed by atoms with Crippen molar-refractivity contribution in [2.24, 2.45) is 0 Å². The molecule has 1 aliphatic heterocycles. The molecule has 0 bridgehead atoms. The van der Waals surface area contributed by atoms with E-state index in [-0.39, 0.29) is 18.4 Å². The molecular weight excluding hydrogens is 246 g/mol. The molecule has 1 N–H and O–H groups in total. The Morgan fingerprint density at radius 3 is 2.84 bits per heavy atom. The van der Waals surface area contributed by atoms with Crippen LogP contribution in [0.3, 0.4) is 0 Å². The molecule has 1 aliphatic rings. The molecule has 1 saturated heterocycles. The van der Waals surface area contributed by atoms with E-state index in [1.807, 2.05) is 13.8 Å². The van der Waals surface area contributed by atoms with E-state index >= 15 is 0 Å². The predicted molar refractivity (Wildman–Crippen MR) is 69.7 cm³/mol. The summed E-state index contributed by atoms with van der Waals surface area (Å²) in [6.07, 6.45) is 3.45. The van der Waals surface area contributed by atoms with Crippen LogP contribution in [0.2, 0.25) is 0 Å². The largest absolute Gasteiger partial charge is 0.338 e. The minimum atomic E-state index is -0.241. The number of nitrogens with one attached hydrogen (secondary N) is 1. The molecular formula is C13H19N3O3. The first-order valence-corrected chi connectivity index (χ1v) is 6.58. The van der Waals surface area contributed by atoms with Gasteiger partial charge in [0, 0.05) is 18.5 Å². The Morgan fingerprint density at radius 2 is 2.16 bits per heavy atom. The topological polar surface area (TPSA) is 75.4 Å². The Morgan fingerprint density at radius 1 is 1.37 bits per heavy atom. The van der Waals surface area contributed by atoms with Crippen LogP contribution in [0, 0.1) is 13.8 Å². The lowest BCUT2D eigenvalue weighted by Crippen LogP contribution is -2.37. The summed E-state index contributed by atoms with van der Waals surface area (Å²) in [7, 11) is 0. The summed E-state index contributed by atoms with van der Waals surface area (Å²) < 4.78 is 5.02. The van der Waals surface area contributed by atoms with Crippen LogP contribution in [0.25, 0.3) is 0 Å². The Bertz CT molecular complexity index is 481. The Kier molecular flexibility index (Phi) is 4.19. The summed E-state index contributed by atoms with van der Waals surface area (Å²) >= 11 is 0. The van der Waals surface area contributed by atoms with Crippen molar-refractivity contribution in [3.05, 3.63) is 11.3 Å². The van der Waals surface area contributed by atoms with E-state index in [1.54, 1.807) is 4.90 Å². The zero-order valence-electron chi connectivity index (χ0n) is 11.4. The van der Waals surface area contributed by atoms with Crippen molar-refractivity contribution < 1.29 is 14.1 Å². The van der Waals surface area contributed by atoms with E-state index in [1.165, 1.54) is 0 Å². The van der Waals surface area contributed by atoms with E-state index in [0.29, 0.717) is 18.8 Å². The zero-order valence-corrected chi connectivity index (χ0v) is 11.4. The quantitative estimate of drug-likeness (QED) is 0.901. The van der Waals surface area contributed by atoms with Crippen LogP contribution in [0.5, 0.6) is 0 Å². The third kappa shape index (κ3) is 3.33. The molecule has 0 aromatic carbocycles. The standard InChI is InChI=1S/C13H19N3O3/c1-9-10(2)15-19-13(9)14-11(17)8-16-7-5-3-4-6-12(16)18/h3-8H2,1-2H3,(H,14,17). The van der Waals surface area contributed by atoms with Gasteiger partial charge in [0.1, 0.15) is 0 Å². The van der Waals surface area contributed by atoms with Gasteiger partial charge in [0.05, 0.1) is 12.2 Å². The highest BCUT2D eigenvalue weighted by atomic mass is 16.5. The van der Waals surface area contributed by atoms with Crippen LogP contribution in [0.4, 0.5) is 5.88 Å². The fourth-order valence-electron chi connectivity index (χ4n) is 2.08. The van der Waals surface area contributed by atoms with Gasteiger partial charge in [-0.25, -0.2) is 0 Å². The van der Waals surface area contributed by atoms with Crippen LogP contribution in [0.15, 0.2) is 4.52 Å². The second-order valence-corrected chi connectivity index (χ2v) is 4.90. The Labute approximate surface area is 112 Å². The van der Waals surface area contributed by atoms with Crippen LogP contribution in [-0.2, 0) is 9.59 Å². The second-order valence-electron chi connectivity index (χ2n) is 4.90. The number of hydrogen-bond acceptors (Lipinski definition) is 4. The molecule has 104 valence electrons. The Balaban J connectivity index is 1.93. The molecule has 2 heterocycles. The average molecular weight is 265 g/mol. The van der Waals surface area contributed by atoms with Gasteiger partial charge in [0.25, 0.3) is 0 Å². The third-order valence-electron chi connectivity index (χ3n) is 3.42. The lowest BCUT2D eigenvalue weighted by atomic mass is 10.2. The normalized spacial score (nSPS) is 16.3. The van der Waals surface area contributed by atoms with E-state index in [9.17, 15) is 9.59 Å². The summed E-state index contributed by atoms with van der Waals surface area (Å²) in [4.78, 5) is 25.3. The lowest BCUT2D eigenvalue weighted by molar-refractivity contribution is -0.134. The molecule has 1 aromatic heterocycles. The minimum Gasteiger partial charge on any atom is -0.338 e. The van der Waals surface area contributed by atoms with Gasteiger partial charge < -0.3 is 9.42 Å². The number of likely N-dealkylation sites (tertiary alicyclic amines) is 1. The molecule has 6 heteroatoms. The first-order chi connectivity index (χ1) is 9.08. The molecule has 0 unspecified atom stereocenters. The zero-order chi connectivity index (χ0) is 13.8. The summed E-state index contributed by atoms with van der Waals surface area (Å²) in [6.45, 7) is 4.38. The van der Waals surface area contributed by atoms with Crippen molar-refractivity contribution in [1.82, 2.24) is 10.1 Å². The minimum absolute atomic E-state index is 0.0538. The van der Waals surface area contributed by atoms with E-state index in [2.05, 4.69) is 10.5 Å². The van der Waals surface area contributed by atoms with Gasteiger partial charge in [0.15, 0.2) is 0 Å². The molecule has 1 aromatic rings. The molecule has 0 spiro atoms. The maximum absolute atomic E-state index is 11.9. The van der Waals surface area contributed by atoms with Crippen molar-refractivity contribution in [1.29, 1.82) is 0 Å². The number of hydrogen-bond donors (Lipinski definition) is 1. The molecule has 0 saturated carbocycles. The third-order valence-corrected chi connectivity index (χ3v) is 3.42. The van der Waals surface area contributed by atoms with Crippen molar-refractivity contribution in [3.63, 3.8) is 0 Å². The van der Waals surface area contributed by atoms with Gasteiger partial charge in [-0.15, -0.1) is 0 Å². The summed E-state index contributed by atoms with van der Waals surface area (Å²) in [6, 6.07) is 0. The lowest BCUT2D eigenvalue weighted by Gasteiger charge is -2.19. The molecule has 6 nitrogen and oxygen atoms in total. The van der Waals surface area contributed by atoms with Gasteiger partial charge in [-0.1, -0.05) is 11.6 Å². The highest BCUT2D eigenvalue weighted by molar-refractivity contribution is 5.94. The highest BCUT2D eigenvalue weighted by Gasteiger charge is 2.20. The maximum Gasteiger partial charge on any atom is 0.246 e. The van der Waals surface area contributed by atoms with Crippen molar-refractivity contribution >= 4 is 17.7 Å². The number of rotatable bonds is 3. The first-order valence-electron chi connectivity index (χ1n) is 6.58. The fourth-order valence-corrected chi connectivity index (χ4v) is 2.08. The van der Waals surface area contributed by atoms with Crippen LogP contribution >= 0.6 is 0 Å². The molecule has 2 amide bonds. The number of anilines is 1. The van der Waals surface area contributed by atoms with Gasteiger partial charge in [-0.05, 0) is 26.7 Å². The highest BCUT2D eigenvalue weighted by Crippen LogP contribution is 2.17. The van der Waals surface area contributed by atoms with Gasteiger partial charge in [0.2, 0.25) is 17.7 Å². The van der Waals surface area contributed by atoms with Crippen LogP contribution in [-0.4, -0.2) is 35.0 Å². The summed E-state index contributed by atoms with van der Waals surface area (Å²) in [5.41, 5.74) is 1.57. The molecule has 2 rings (SSSR count). The number of aromatic nitrogens is 1. The van der Waals surface area contributed by atoms with Crippen LogP contribution < -0.4 is 5.32 Å². The fraction of sp³-hybridized carbons (Fsp3) is 0.615. The number of carbonyl (C=O) groups excluding carboxylic acids is 2. The molecule has 0 radical (unpaired) electrons. The number of nitrogens with zero attached hydrogens (tertiary/aromatic N) is 2.